The first kappa shape index (κ1) is 39.1. The maximum Gasteiger partial charge on any atom is 0.0714 e. The van der Waals surface area contributed by atoms with Gasteiger partial charge < -0.3 is 4.90 Å². The number of hydrogen-bond acceptors (Lipinski definition) is 1. The summed E-state index contributed by atoms with van der Waals surface area (Å²) in [6.07, 6.45) is 0. The molecule has 11 aromatic rings. The number of hydrogen-bond donors (Lipinski definition) is 0. The molecule has 0 radical (unpaired) electrons. The first-order valence-corrected chi connectivity index (χ1v) is 22.8. The number of rotatable bonds is 9. The SMILES string of the molecule is c1ccc(-c2ccc(-c3cccc(N(c4ccc(-c5cccc(-c6ccc7ccccc7c6)c5)cc4)c4cccc5c4-c4ccccc4C5(c4ccccc4)c4ccccc4)c3)cc2)cc1. The minimum absolute atomic E-state index is 0.515. The fourth-order valence-electron chi connectivity index (χ4n) is 10.4. The molecular formula is C65H45N. The van der Waals surface area contributed by atoms with Crippen molar-refractivity contribution in [1.29, 1.82) is 0 Å². The summed E-state index contributed by atoms with van der Waals surface area (Å²) in [5.74, 6) is 0. The lowest BCUT2D eigenvalue weighted by Gasteiger charge is -2.34. The van der Waals surface area contributed by atoms with E-state index in [4.69, 9.17) is 0 Å². The highest BCUT2D eigenvalue weighted by Crippen LogP contribution is 2.59. The van der Waals surface area contributed by atoms with Gasteiger partial charge in [0.25, 0.3) is 0 Å². The third kappa shape index (κ3) is 6.73. The van der Waals surface area contributed by atoms with Gasteiger partial charge in [-0.05, 0) is 126 Å². The standard InChI is InChI=1S/C65H45N/c1-4-17-46(18-5-1)48-33-35-49(36-34-48)54-23-15-28-59(45-54)66(58-41-39-50(40-42-58)52-21-14-22-53(43-52)55-38-37-47-19-10-11-20-51(47)44-55)63-32-16-31-62-64(63)60-29-12-13-30-61(60)65(62,56-24-6-2-7-25-56)57-26-8-3-9-27-57/h1-45H. The van der Waals surface area contributed by atoms with Crippen LogP contribution in [0.25, 0.3) is 66.4 Å². The number of anilines is 3. The lowest BCUT2D eigenvalue weighted by Crippen LogP contribution is -2.28. The monoisotopic (exact) mass is 839 g/mol. The van der Waals surface area contributed by atoms with Crippen LogP contribution in [0.3, 0.4) is 0 Å². The van der Waals surface area contributed by atoms with Gasteiger partial charge in [-0.1, -0.05) is 231 Å². The van der Waals surface area contributed by atoms with Gasteiger partial charge >= 0.3 is 0 Å². The summed E-state index contributed by atoms with van der Waals surface area (Å²) in [7, 11) is 0. The molecule has 1 nitrogen and oxygen atoms in total. The summed E-state index contributed by atoms with van der Waals surface area (Å²) in [5.41, 5.74) is 19.9. The van der Waals surface area contributed by atoms with Crippen molar-refractivity contribution < 1.29 is 0 Å². The Bertz CT molecular complexity index is 3460. The molecule has 1 aliphatic carbocycles. The summed E-state index contributed by atoms with van der Waals surface area (Å²) in [6, 6.07) is 100. The Morgan fingerprint density at radius 1 is 0.258 bits per heavy atom. The van der Waals surface area contributed by atoms with Gasteiger partial charge in [-0.2, -0.15) is 0 Å². The zero-order valence-corrected chi connectivity index (χ0v) is 36.4. The topological polar surface area (TPSA) is 3.24 Å². The first-order valence-electron chi connectivity index (χ1n) is 22.8. The van der Waals surface area contributed by atoms with Crippen molar-refractivity contribution in [2.75, 3.05) is 4.90 Å². The summed E-state index contributed by atoms with van der Waals surface area (Å²) >= 11 is 0. The fraction of sp³-hybridized carbons (Fsp3) is 0.0154. The van der Waals surface area contributed by atoms with Crippen molar-refractivity contribution in [3.8, 4) is 55.6 Å². The highest BCUT2D eigenvalue weighted by molar-refractivity contribution is 5.98. The molecule has 0 unspecified atom stereocenters. The highest BCUT2D eigenvalue weighted by atomic mass is 15.1. The molecule has 0 amide bonds. The van der Waals surface area contributed by atoms with Crippen molar-refractivity contribution in [1.82, 2.24) is 0 Å². The number of nitrogens with zero attached hydrogens (tertiary/aromatic N) is 1. The van der Waals surface area contributed by atoms with Crippen molar-refractivity contribution in [3.05, 3.63) is 295 Å². The maximum atomic E-state index is 2.47. The molecule has 0 saturated carbocycles. The van der Waals surface area contributed by atoms with Crippen molar-refractivity contribution in [3.63, 3.8) is 0 Å². The van der Waals surface area contributed by atoms with E-state index in [1.807, 2.05) is 0 Å². The smallest absolute Gasteiger partial charge is 0.0714 e. The lowest BCUT2D eigenvalue weighted by atomic mass is 9.68. The van der Waals surface area contributed by atoms with Gasteiger partial charge in [-0.25, -0.2) is 0 Å². The summed E-state index contributed by atoms with van der Waals surface area (Å²) in [5, 5.41) is 2.50. The van der Waals surface area contributed by atoms with Gasteiger partial charge in [0, 0.05) is 16.9 Å². The Hall–Kier alpha value is -8.52. The molecule has 11 aromatic carbocycles. The largest absolute Gasteiger partial charge is 0.310 e. The quantitative estimate of drug-likeness (QED) is 0.140. The molecule has 310 valence electrons. The lowest BCUT2D eigenvalue weighted by molar-refractivity contribution is 0.768. The van der Waals surface area contributed by atoms with Crippen LogP contribution >= 0.6 is 0 Å². The van der Waals surface area contributed by atoms with Crippen molar-refractivity contribution in [2.24, 2.45) is 0 Å². The van der Waals surface area contributed by atoms with E-state index in [0.29, 0.717) is 0 Å². The highest BCUT2D eigenvalue weighted by Gasteiger charge is 2.47. The maximum absolute atomic E-state index is 2.47. The Morgan fingerprint density at radius 3 is 1.41 bits per heavy atom. The molecule has 0 N–H and O–H groups in total. The van der Waals surface area contributed by atoms with E-state index in [2.05, 4.69) is 278 Å². The van der Waals surface area contributed by atoms with E-state index in [1.54, 1.807) is 0 Å². The van der Waals surface area contributed by atoms with Gasteiger partial charge in [0.1, 0.15) is 0 Å². The second-order valence-corrected chi connectivity index (χ2v) is 17.2. The molecule has 0 fully saturated rings. The molecule has 0 atom stereocenters. The Kier molecular flexibility index (Phi) is 9.81. The van der Waals surface area contributed by atoms with Gasteiger partial charge in [0.05, 0.1) is 11.1 Å². The summed E-state index contributed by atoms with van der Waals surface area (Å²) < 4.78 is 0. The van der Waals surface area contributed by atoms with Gasteiger partial charge in [0.2, 0.25) is 0 Å². The Balaban J connectivity index is 1.02. The minimum atomic E-state index is -0.515. The normalized spacial score (nSPS) is 12.4. The van der Waals surface area contributed by atoms with Gasteiger partial charge in [0.15, 0.2) is 0 Å². The molecule has 0 heterocycles. The zero-order valence-electron chi connectivity index (χ0n) is 36.4. The van der Waals surface area contributed by atoms with Gasteiger partial charge in [-0.15, -0.1) is 0 Å². The molecule has 0 aromatic heterocycles. The number of benzene rings is 11. The van der Waals surface area contributed by atoms with Crippen LogP contribution in [0.5, 0.6) is 0 Å². The molecule has 0 aliphatic heterocycles. The predicted octanol–water partition coefficient (Wildman–Crippen LogP) is 17.3. The van der Waals surface area contributed by atoms with Crippen LogP contribution in [0.1, 0.15) is 22.3 Å². The van der Waals surface area contributed by atoms with Crippen molar-refractivity contribution >= 4 is 27.8 Å². The average Bonchev–Trinajstić information content (AvgIpc) is 3.71. The van der Waals surface area contributed by atoms with Crippen LogP contribution in [0.15, 0.2) is 273 Å². The Morgan fingerprint density at radius 2 is 0.712 bits per heavy atom. The third-order valence-electron chi connectivity index (χ3n) is 13.5. The average molecular weight is 840 g/mol. The van der Waals surface area contributed by atoms with E-state index >= 15 is 0 Å². The Labute approximate surface area is 387 Å². The van der Waals surface area contributed by atoms with Crippen LogP contribution in [0.2, 0.25) is 0 Å². The van der Waals surface area contributed by atoms with E-state index < -0.39 is 5.41 Å². The van der Waals surface area contributed by atoms with Crippen LogP contribution in [0, 0.1) is 0 Å². The molecular weight excluding hydrogens is 795 g/mol. The van der Waals surface area contributed by atoms with Gasteiger partial charge in [-0.3, -0.25) is 0 Å². The van der Waals surface area contributed by atoms with Crippen LogP contribution < -0.4 is 4.90 Å². The molecule has 12 rings (SSSR count). The molecule has 66 heavy (non-hydrogen) atoms. The summed E-state index contributed by atoms with van der Waals surface area (Å²) in [4.78, 5) is 2.47. The molecule has 1 aliphatic rings. The molecule has 0 saturated heterocycles. The van der Waals surface area contributed by atoms with Crippen molar-refractivity contribution in [2.45, 2.75) is 5.41 Å². The third-order valence-corrected chi connectivity index (χ3v) is 13.5. The molecule has 0 bridgehead atoms. The van der Waals surface area contributed by atoms with Crippen LogP contribution in [-0.4, -0.2) is 0 Å². The fourth-order valence-corrected chi connectivity index (χ4v) is 10.4. The van der Waals surface area contributed by atoms with E-state index in [9.17, 15) is 0 Å². The molecule has 1 heteroatoms. The number of fused-ring (bicyclic) bond motifs is 4. The van der Waals surface area contributed by atoms with E-state index in [0.717, 1.165) is 22.6 Å². The van der Waals surface area contributed by atoms with Crippen LogP contribution in [0.4, 0.5) is 17.1 Å². The summed E-state index contributed by atoms with van der Waals surface area (Å²) in [6.45, 7) is 0. The predicted molar refractivity (Wildman–Crippen MR) is 278 cm³/mol. The van der Waals surface area contributed by atoms with Crippen LogP contribution in [-0.2, 0) is 5.41 Å². The molecule has 0 spiro atoms. The van der Waals surface area contributed by atoms with E-state index in [1.165, 1.54) is 83.1 Å². The minimum Gasteiger partial charge on any atom is -0.310 e. The first-order chi connectivity index (χ1) is 32.7. The van der Waals surface area contributed by atoms with E-state index in [-0.39, 0.29) is 0 Å². The second-order valence-electron chi connectivity index (χ2n) is 17.2. The second kappa shape index (κ2) is 16.6. The zero-order chi connectivity index (χ0) is 43.9.